The van der Waals surface area contributed by atoms with E-state index in [0.29, 0.717) is 0 Å². The van der Waals surface area contributed by atoms with Gasteiger partial charge in [0.1, 0.15) is 0 Å². The minimum Gasteiger partial charge on any atom is -0.0811 e. The van der Waals surface area contributed by atoms with E-state index in [1.54, 1.807) is 5.57 Å². The third-order valence-electron chi connectivity index (χ3n) is 3.07. The first kappa shape index (κ1) is 11.6. The summed E-state index contributed by atoms with van der Waals surface area (Å²) in [5, 5.41) is 0. The van der Waals surface area contributed by atoms with E-state index in [1.807, 2.05) is 0 Å². The van der Waals surface area contributed by atoms with E-state index in [4.69, 9.17) is 0 Å². The lowest BCUT2D eigenvalue weighted by atomic mass is 9.75. The van der Waals surface area contributed by atoms with Gasteiger partial charge in [0.2, 0.25) is 0 Å². The average Bonchev–Trinajstić information content (AvgIpc) is 2.20. The van der Waals surface area contributed by atoms with Crippen LogP contribution in [0.3, 0.4) is 0 Å². The van der Waals surface area contributed by atoms with Crippen LogP contribution in [0.5, 0.6) is 0 Å². The largest absolute Gasteiger partial charge is 0.0811 e. The normalized spacial score (nSPS) is 29.8. The van der Waals surface area contributed by atoms with Crippen LogP contribution in [0.4, 0.5) is 0 Å². The quantitative estimate of drug-likeness (QED) is 0.520. The molecule has 0 aromatic rings. The highest BCUT2D eigenvalue weighted by Gasteiger charge is 2.23. The minimum absolute atomic E-state index is 0.801. The lowest BCUT2D eigenvalue weighted by Crippen LogP contribution is -2.18. The number of fused-ring (bicyclic) bond motifs is 1. The molecule has 0 saturated heterocycles. The van der Waals surface area contributed by atoms with Gasteiger partial charge in [-0.2, -0.15) is 0 Å². The van der Waals surface area contributed by atoms with Gasteiger partial charge in [-0.3, -0.25) is 0 Å². The molecule has 2 aliphatic carbocycles. The Kier molecular flexibility index (Phi) is 5.00. The Labute approximate surface area is 89.1 Å². The fraction of sp³-hybridized carbons (Fsp3) is 0.714. The van der Waals surface area contributed by atoms with Crippen LogP contribution >= 0.6 is 0 Å². The Balaban J connectivity index is 0.000000293. The summed E-state index contributed by atoms with van der Waals surface area (Å²) in [4.78, 5) is 0. The van der Waals surface area contributed by atoms with Gasteiger partial charge >= 0.3 is 0 Å². The predicted octanol–water partition coefficient (Wildman–Crippen LogP) is 4.73. The summed E-state index contributed by atoms with van der Waals surface area (Å²) in [6.45, 7) is 6.60. The number of hydrogen-bond acceptors (Lipinski definition) is 0. The van der Waals surface area contributed by atoms with Crippen LogP contribution in [0.1, 0.15) is 52.9 Å². The maximum Gasteiger partial charge on any atom is -0.0140 e. The van der Waals surface area contributed by atoms with Gasteiger partial charge in [-0.15, -0.1) is 0 Å². The fourth-order valence-corrected chi connectivity index (χ4v) is 2.36. The Hall–Kier alpha value is -0.520. The minimum atomic E-state index is 0.801. The second kappa shape index (κ2) is 6.06. The predicted molar refractivity (Wildman–Crippen MR) is 64.3 cm³/mol. The highest BCUT2D eigenvalue weighted by molar-refractivity contribution is 5.23. The average molecular weight is 192 g/mol. The van der Waals surface area contributed by atoms with Crippen molar-refractivity contribution in [3.8, 4) is 0 Å². The molecule has 0 heterocycles. The molecule has 2 rings (SSSR count). The van der Waals surface area contributed by atoms with Crippen LogP contribution in [-0.4, -0.2) is 0 Å². The van der Waals surface area contributed by atoms with Crippen molar-refractivity contribution in [2.24, 2.45) is 11.8 Å². The molecule has 0 aromatic heterocycles. The number of rotatable bonds is 0. The molecule has 80 valence electrons. The molecular formula is C14H24. The van der Waals surface area contributed by atoms with Gasteiger partial charge in [0.15, 0.2) is 0 Å². The Morgan fingerprint density at radius 1 is 1.29 bits per heavy atom. The van der Waals surface area contributed by atoms with E-state index in [2.05, 4.69) is 39.0 Å². The number of hydrogen-bond donors (Lipinski definition) is 0. The summed E-state index contributed by atoms with van der Waals surface area (Å²) in [7, 11) is 0. The molecule has 0 amide bonds. The monoisotopic (exact) mass is 192 g/mol. The standard InChI is InChI=1S/C11H16.C3H8/c1-9-5-4-7-10-6-2-3-8-11(9)10;1-3-2/h4-5,7,9,11H,2-3,6,8H2,1H3;3H2,1-2H3. The van der Waals surface area contributed by atoms with Gasteiger partial charge in [-0.05, 0) is 31.1 Å². The van der Waals surface area contributed by atoms with E-state index in [1.165, 1.54) is 32.1 Å². The van der Waals surface area contributed by atoms with E-state index in [0.717, 1.165) is 11.8 Å². The molecule has 0 radical (unpaired) electrons. The smallest absolute Gasteiger partial charge is 0.0140 e. The van der Waals surface area contributed by atoms with Crippen LogP contribution in [0.15, 0.2) is 23.8 Å². The molecule has 0 aliphatic heterocycles. The lowest BCUT2D eigenvalue weighted by molar-refractivity contribution is 0.378. The summed E-state index contributed by atoms with van der Waals surface area (Å²) < 4.78 is 0. The maximum absolute atomic E-state index is 2.35. The molecular weight excluding hydrogens is 168 g/mol. The zero-order valence-corrected chi connectivity index (χ0v) is 9.92. The SMILES string of the molecule is CC1C=CC=C2CCCCC21.CCC. The molecule has 2 unspecified atom stereocenters. The van der Waals surface area contributed by atoms with Crippen molar-refractivity contribution < 1.29 is 0 Å². The van der Waals surface area contributed by atoms with Crippen molar-refractivity contribution in [3.63, 3.8) is 0 Å². The third kappa shape index (κ3) is 3.01. The second-order valence-corrected chi connectivity index (χ2v) is 4.54. The molecule has 0 N–H and O–H groups in total. The summed E-state index contributed by atoms with van der Waals surface area (Å²) >= 11 is 0. The van der Waals surface area contributed by atoms with Gasteiger partial charge in [0.05, 0.1) is 0 Å². The topological polar surface area (TPSA) is 0 Å². The van der Waals surface area contributed by atoms with Crippen molar-refractivity contribution in [1.29, 1.82) is 0 Å². The molecule has 0 aromatic carbocycles. The molecule has 0 nitrogen and oxygen atoms in total. The van der Waals surface area contributed by atoms with E-state index in [9.17, 15) is 0 Å². The highest BCUT2D eigenvalue weighted by atomic mass is 14.3. The van der Waals surface area contributed by atoms with Crippen molar-refractivity contribution in [2.45, 2.75) is 52.9 Å². The van der Waals surface area contributed by atoms with Gasteiger partial charge < -0.3 is 0 Å². The van der Waals surface area contributed by atoms with E-state index < -0.39 is 0 Å². The molecule has 0 bridgehead atoms. The fourth-order valence-electron chi connectivity index (χ4n) is 2.36. The summed E-state index contributed by atoms with van der Waals surface area (Å²) in [6, 6.07) is 0. The summed E-state index contributed by atoms with van der Waals surface area (Å²) in [5.41, 5.74) is 1.71. The first-order chi connectivity index (χ1) is 6.79. The lowest BCUT2D eigenvalue weighted by Gasteiger charge is -2.31. The maximum atomic E-state index is 2.35. The van der Waals surface area contributed by atoms with Crippen LogP contribution in [-0.2, 0) is 0 Å². The van der Waals surface area contributed by atoms with Crippen molar-refractivity contribution in [1.82, 2.24) is 0 Å². The molecule has 0 spiro atoms. The molecule has 1 fully saturated rings. The van der Waals surface area contributed by atoms with E-state index >= 15 is 0 Å². The molecule has 2 aliphatic rings. The van der Waals surface area contributed by atoms with Crippen molar-refractivity contribution in [3.05, 3.63) is 23.8 Å². The molecule has 0 heteroatoms. The van der Waals surface area contributed by atoms with Gasteiger partial charge in [0, 0.05) is 0 Å². The Morgan fingerprint density at radius 3 is 2.64 bits per heavy atom. The van der Waals surface area contributed by atoms with Crippen LogP contribution in [0, 0.1) is 11.8 Å². The van der Waals surface area contributed by atoms with Crippen LogP contribution in [0.2, 0.25) is 0 Å². The van der Waals surface area contributed by atoms with Crippen molar-refractivity contribution in [2.75, 3.05) is 0 Å². The van der Waals surface area contributed by atoms with Crippen molar-refractivity contribution >= 4 is 0 Å². The van der Waals surface area contributed by atoms with Crippen LogP contribution < -0.4 is 0 Å². The zero-order valence-electron chi connectivity index (χ0n) is 9.92. The molecule has 14 heavy (non-hydrogen) atoms. The summed E-state index contributed by atoms with van der Waals surface area (Å²) in [5.74, 6) is 1.70. The highest BCUT2D eigenvalue weighted by Crippen LogP contribution is 2.37. The second-order valence-electron chi connectivity index (χ2n) is 4.54. The Bertz CT molecular complexity index is 210. The zero-order chi connectivity index (χ0) is 10.4. The van der Waals surface area contributed by atoms with Gasteiger partial charge in [-0.1, -0.05) is 57.4 Å². The van der Waals surface area contributed by atoms with Crippen LogP contribution in [0.25, 0.3) is 0 Å². The van der Waals surface area contributed by atoms with Gasteiger partial charge in [0.25, 0.3) is 0 Å². The molecule has 2 atom stereocenters. The first-order valence-corrected chi connectivity index (χ1v) is 6.16. The molecule has 1 saturated carbocycles. The van der Waals surface area contributed by atoms with Gasteiger partial charge in [-0.25, -0.2) is 0 Å². The first-order valence-electron chi connectivity index (χ1n) is 6.16. The number of allylic oxidation sites excluding steroid dienone is 4. The summed E-state index contributed by atoms with van der Waals surface area (Å²) in [6.07, 6.45) is 13.8. The third-order valence-corrected chi connectivity index (χ3v) is 3.07. The Morgan fingerprint density at radius 2 is 2.00 bits per heavy atom. The van der Waals surface area contributed by atoms with E-state index in [-0.39, 0.29) is 0 Å².